The van der Waals surface area contributed by atoms with E-state index in [0.29, 0.717) is 16.5 Å². The van der Waals surface area contributed by atoms with Gasteiger partial charge in [0.1, 0.15) is 23.3 Å². The number of benzene rings is 2. The summed E-state index contributed by atoms with van der Waals surface area (Å²) in [5, 5.41) is 7.39. The second-order valence-corrected chi connectivity index (χ2v) is 8.11. The number of halogens is 2. The van der Waals surface area contributed by atoms with E-state index >= 15 is 0 Å². The zero-order chi connectivity index (χ0) is 23.8. The first-order chi connectivity index (χ1) is 15.8. The van der Waals surface area contributed by atoms with E-state index in [1.165, 1.54) is 12.3 Å². The molecule has 0 aliphatic rings. The molecule has 2 amide bonds. The van der Waals surface area contributed by atoms with Crippen LogP contribution in [0.1, 0.15) is 24.0 Å². The Kier molecular flexibility index (Phi) is 8.52. The third-order valence-corrected chi connectivity index (χ3v) is 5.14. The lowest BCUT2D eigenvalue weighted by atomic mass is 10.1. The maximum atomic E-state index is 12.8. The molecule has 1 heterocycles. The maximum absolute atomic E-state index is 12.8. The minimum atomic E-state index is -0.913. The SMILES string of the molecule is Cc1ccc(/C=N\NC(=O)[C@@H](Cc2ccccc2)NC(=O)[C@H](C)Oc2ccc(Cl)cc2Cl)o1. The Hall–Kier alpha value is -3.29. The molecule has 0 unspecified atom stereocenters. The molecule has 172 valence electrons. The molecule has 0 fully saturated rings. The summed E-state index contributed by atoms with van der Waals surface area (Å²) in [5.74, 6) is 0.572. The molecule has 0 radical (unpaired) electrons. The van der Waals surface area contributed by atoms with E-state index in [0.717, 1.165) is 11.3 Å². The minimum absolute atomic E-state index is 0.266. The van der Waals surface area contributed by atoms with Crippen molar-refractivity contribution in [3.8, 4) is 5.75 Å². The summed E-state index contributed by atoms with van der Waals surface area (Å²) >= 11 is 12.0. The van der Waals surface area contributed by atoms with Crippen LogP contribution in [0.25, 0.3) is 0 Å². The molecule has 2 atom stereocenters. The van der Waals surface area contributed by atoms with Gasteiger partial charge < -0.3 is 14.5 Å². The van der Waals surface area contributed by atoms with E-state index in [1.54, 1.807) is 31.2 Å². The molecule has 0 spiro atoms. The summed E-state index contributed by atoms with van der Waals surface area (Å²) in [4.78, 5) is 25.6. The Morgan fingerprint density at radius 1 is 1.09 bits per heavy atom. The number of carbonyl (C=O) groups is 2. The fourth-order valence-electron chi connectivity index (χ4n) is 2.92. The first kappa shape index (κ1) is 24.4. The quantitative estimate of drug-likeness (QED) is 0.342. The number of hydrazone groups is 1. The van der Waals surface area contributed by atoms with Crippen molar-refractivity contribution < 1.29 is 18.7 Å². The first-order valence-electron chi connectivity index (χ1n) is 10.2. The molecule has 2 aromatic carbocycles. The molecule has 7 nitrogen and oxygen atoms in total. The summed E-state index contributed by atoms with van der Waals surface area (Å²) in [6, 6.07) is 16.7. The summed E-state index contributed by atoms with van der Waals surface area (Å²) < 4.78 is 11.0. The van der Waals surface area contributed by atoms with Crippen LogP contribution in [0, 0.1) is 6.92 Å². The number of nitrogens with zero attached hydrogens (tertiary/aromatic N) is 1. The number of hydrogen-bond donors (Lipinski definition) is 2. The van der Waals surface area contributed by atoms with Gasteiger partial charge in [0.15, 0.2) is 6.10 Å². The van der Waals surface area contributed by atoms with Crippen LogP contribution in [-0.4, -0.2) is 30.2 Å². The van der Waals surface area contributed by atoms with Gasteiger partial charge in [0, 0.05) is 11.4 Å². The summed E-state index contributed by atoms with van der Waals surface area (Å²) in [6.07, 6.45) is 0.743. The Morgan fingerprint density at radius 3 is 2.52 bits per heavy atom. The smallest absolute Gasteiger partial charge is 0.262 e. The lowest BCUT2D eigenvalue weighted by Crippen LogP contribution is -2.50. The van der Waals surface area contributed by atoms with Crippen molar-refractivity contribution in [2.75, 3.05) is 0 Å². The molecule has 3 aromatic rings. The van der Waals surface area contributed by atoms with E-state index in [9.17, 15) is 9.59 Å². The molecule has 3 rings (SSSR count). The van der Waals surface area contributed by atoms with Crippen LogP contribution in [0.2, 0.25) is 10.0 Å². The van der Waals surface area contributed by atoms with E-state index in [2.05, 4.69) is 15.8 Å². The number of aryl methyl sites for hydroxylation is 1. The van der Waals surface area contributed by atoms with Crippen LogP contribution in [0.4, 0.5) is 0 Å². The second kappa shape index (κ2) is 11.5. The number of rotatable bonds is 9. The van der Waals surface area contributed by atoms with Crippen molar-refractivity contribution in [1.82, 2.24) is 10.7 Å². The fraction of sp³-hybridized carbons (Fsp3) is 0.208. The van der Waals surface area contributed by atoms with Gasteiger partial charge in [-0.15, -0.1) is 0 Å². The van der Waals surface area contributed by atoms with E-state index in [1.807, 2.05) is 37.3 Å². The zero-order valence-electron chi connectivity index (χ0n) is 18.0. The molecule has 0 saturated heterocycles. The molecule has 2 N–H and O–H groups in total. The highest BCUT2D eigenvalue weighted by Gasteiger charge is 2.25. The standard InChI is InChI=1S/C24H23Cl2N3O4/c1-15-8-10-19(32-15)14-27-29-24(31)21(12-17-6-4-3-5-7-17)28-23(30)16(2)33-22-11-9-18(25)13-20(22)26/h3-11,13-14,16,21H,12H2,1-2H3,(H,28,30)(H,29,31)/b27-14-/t16-,21+/m0/s1. The molecule has 0 saturated carbocycles. The number of hydrogen-bond acceptors (Lipinski definition) is 5. The predicted octanol–water partition coefficient (Wildman–Crippen LogP) is 4.54. The maximum Gasteiger partial charge on any atom is 0.262 e. The molecule has 9 heteroatoms. The topological polar surface area (TPSA) is 92.9 Å². The van der Waals surface area contributed by atoms with Gasteiger partial charge in [-0.1, -0.05) is 53.5 Å². The van der Waals surface area contributed by atoms with E-state index in [-0.39, 0.29) is 11.4 Å². The van der Waals surface area contributed by atoms with Crippen LogP contribution < -0.4 is 15.5 Å². The number of ether oxygens (including phenoxy) is 1. The lowest BCUT2D eigenvalue weighted by molar-refractivity contribution is -0.132. The van der Waals surface area contributed by atoms with Crippen molar-refractivity contribution in [2.24, 2.45) is 5.10 Å². The predicted molar refractivity (Wildman–Crippen MR) is 128 cm³/mol. The van der Waals surface area contributed by atoms with Gasteiger partial charge in [-0.3, -0.25) is 9.59 Å². The number of carbonyl (C=O) groups excluding carboxylic acids is 2. The highest BCUT2D eigenvalue weighted by Crippen LogP contribution is 2.28. The van der Waals surface area contributed by atoms with Gasteiger partial charge in [-0.2, -0.15) is 5.10 Å². The highest BCUT2D eigenvalue weighted by atomic mass is 35.5. The molecule has 0 bridgehead atoms. The first-order valence-corrected chi connectivity index (χ1v) is 10.9. The zero-order valence-corrected chi connectivity index (χ0v) is 19.6. The molecule has 0 aliphatic carbocycles. The second-order valence-electron chi connectivity index (χ2n) is 7.27. The van der Waals surface area contributed by atoms with Crippen LogP contribution in [0.15, 0.2) is 70.2 Å². The van der Waals surface area contributed by atoms with E-state index < -0.39 is 24.0 Å². The van der Waals surface area contributed by atoms with Crippen molar-refractivity contribution in [1.29, 1.82) is 0 Å². The third-order valence-electron chi connectivity index (χ3n) is 4.61. The van der Waals surface area contributed by atoms with Gasteiger partial charge in [0.25, 0.3) is 11.8 Å². The van der Waals surface area contributed by atoms with Crippen molar-refractivity contribution in [2.45, 2.75) is 32.4 Å². The highest BCUT2D eigenvalue weighted by molar-refractivity contribution is 6.35. The Balaban J connectivity index is 1.67. The van der Waals surface area contributed by atoms with Crippen LogP contribution >= 0.6 is 23.2 Å². The molecule has 0 aliphatic heterocycles. The Labute approximate surface area is 201 Å². The largest absolute Gasteiger partial charge is 0.479 e. The number of amides is 2. The normalized spacial score (nSPS) is 12.8. The van der Waals surface area contributed by atoms with Crippen molar-refractivity contribution in [3.63, 3.8) is 0 Å². The minimum Gasteiger partial charge on any atom is -0.479 e. The number of nitrogens with one attached hydrogen (secondary N) is 2. The van der Waals surface area contributed by atoms with Gasteiger partial charge in [0.05, 0.1) is 11.2 Å². The van der Waals surface area contributed by atoms with Crippen LogP contribution in [-0.2, 0) is 16.0 Å². The summed E-state index contributed by atoms with van der Waals surface area (Å²) in [7, 11) is 0. The monoisotopic (exact) mass is 487 g/mol. The lowest BCUT2D eigenvalue weighted by Gasteiger charge is -2.21. The summed E-state index contributed by atoms with van der Waals surface area (Å²) in [6.45, 7) is 3.37. The molecular formula is C24H23Cl2N3O4. The average molecular weight is 488 g/mol. The molecule has 33 heavy (non-hydrogen) atoms. The van der Waals surface area contributed by atoms with Crippen LogP contribution in [0.5, 0.6) is 5.75 Å². The molecule has 1 aromatic heterocycles. The fourth-order valence-corrected chi connectivity index (χ4v) is 3.38. The van der Waals surface area contributed by atoms with Gasteiger partial charge in [-0.25, -0.2) is 5.43 Å². The van der Waals surface area contributed by atoms with Crippen molar-refractivity contribution >= 4 is 41.2 Å². The Morgan fingerprint density at radius 2 is 1.85 bits per heavy atom. The van der Waals surface area contributed by atoms with Crippen LogP contribution in [0.3, 0.4) is 0 Å². The third kappa shape index (κ3) is 7.37. The molecular weight excluding hydrogens is 465 g/mol. The van der Waals surface area contributed by atoms with Gasteiger partial charge in [0.2, 0.25) is 0 Å². The van der Waals surface area contributed by atoms with Gasteiger partial charge >= 0.3 is 0 Å². The summed E-state index contributed by atoms with van der Waals surface area (Å²) in [5.41, 5.74) is 3.32. The average Bonchev–Trinajstić information content (AvgIpc) is 3.20. The van der Waals surface area contributed by atoms with E-state index in [4.69, 9.17) is 32.4 Å². The number of furan rings is 1. The Bertz CT molecular complexity index is 1130. The van der Waals surface area contributed by atoms with Crippen molar-refractivity contribution in [3.05, 3.63) is 87.8 Å². The van der Waals surface area contributed by atoms with Gasteiger partial charge in [-0.05, 0) is 49.7 Å².